The zero-order valence-electron chi connectivity index (χ0n) is 7.89. The van der Waals surface area contributed by atoms with Crippen molar-refractivity contribution in [3.8, 4) is 0 Å². The van der Waals surface area contributed by atoms with Crippen LogP contribution in [0.1, 0.15) is 12.0 Å². The summed E-state index contributed by atoms with van der Waals surface area (Å²) in [6.45, 7) is 0. The second kappa shape index (κ2) is 4.90. The fourth-order valence-corrected chi connectivity index (χ4v) is 1.88. The molecule has 0 aliphatic heterocycles. The molecule has 0 amide bonds. The molecule has 1 aromatic carbocycles. The highest BCUT2D eigenvalue weighted by Crippen LogP contribution is 2.35. The van der Waals surface area contributed by atoms with Crippen LogP contribution in [0.3, 0.4) is 0 Å². The van der Waals surface area contributed by atoms with E-state index in [1.807, 2.05) is 0 Å². The van der Waals surface area contributed by atoms with E-state index < -0.39 is 23.9 Å². The number of nitrogen functional groups attached to an aromatic ring is 1. The van der Waals surface area contributed by atoms with Crippen molar-refractivity contribution >= 4 is 17.4 Å². The highest BCUT2D eigenvalue weighted by molar-refractivity contribution is 7.99. The molecule has 16 heavy (non-hydrogen) atoms. The van der Waals surface area contributed by atoms with Crippen molar-refractivity contribution in [3.05, 3.63) is 23.8 Å². The Morgan fingerprint density at radius 3 is 2.38 bits per heavy atom. The van der Waals surface area contributed by atoms with E-state index in [0.29, 0.717) is 11.8 Å². The number of alkyl halides is 5. The summed E-state index contributed by atoms with van der Waals surface area (Å²) in [5.74, 6) is -1.21. The van der Waals surface area contributed by atoms with Crippen LogP contribution in [-0.2, 0) is 0 Å². The maximum absolute atomic E-state index is 12.4. The largest absolute Gasteiger partial charge is 0.399 e. The maximum atomic E-state index is 12.4. The maximum Gasteiger partial charge on any atom is 0.398 e. The van der Waals surface area contributed by atoms with Gasteiger partial charge in [-0.2, -0.15) is 13.2 Å². The number of nitrogens with two attached hydrogens (primary N) is 1. The van der Waals surface area contributed by atoms with Crippen molar-refractivity contribution in [1.29, 1.82) is 0 Å². The first-order chi connectivity index (χ1) is 7.29. The predicted molar refractivity (Wildman–Crippen MR) is 52.6 cm³/mol. The molecule has 7 heteroatoms. The Balaban J connectivity index is 2.88. The molecule has 0 unspecified atom stereocenters. The number of thioether (sulfide) groups is 1. The van der Waals surface area contributed by atoms with Crippen molar-refractivity contribution in [3.63, 3.8) is 0 Å². The first-order valence-electron chi connectivity index (χ1n) is 4.17. The van der Waals surface area contributed by atoms with Crippen molar-refractivity contribution < 1.29 is 22.0 Å². The average molecular weight is 257 g/mol. The van der Waals surface area contributed by atoms with Crippen LogP contribution in [0, 0.1) is 0 Å². The fraction of sp³-hybridized carbons (Fsp3) is 0.333. The van der Waals surface area contributed by atoms with Crippen molar-refractivity contribution in [2.24, 2.45) is 0 Å². The molecule has 90 valence electrons. The van der Waals surface area contributed by atoms with E-state index in [2.05, 4.69) is 0 Å². The Kier molecular flexibility index (Phi) is 4.01. The molecule has 0 bridgehead atoms. The van der Waals surface area contributed by atoms with E-state index in [9.17, 15) is 22.0 Å². The first kappa shape index (κ1) is 13.1. The average Bonchev–Trinajstić information content (AvgIpc) is 2.13. The molecule has 0 spiro atoms. The molecule has 0 heterocycles. The van der Waals surface area contributed by atoms with Crippen molar-refractivity contribution in [2.45, 2.75) is 17.5 Å². The van der Waals surface area contributed by atoms with Gasteiger partial charge in [0.05, 0.1) is 5.75 Å². The van der Waals surface area contributed by atoms with E-state index in [0.717, 1.165) is 12.1 Å². The van der Waals surface area contributed by atoms with Crippen LogP contribution in [0.25, 0.3) is 0 Å². The minimum Gasteiger partial charge on any atom is -0.399 e. The summed E-state index contributed by atoms with van der Waals surface area (Å²) < 4.78 is 60.7. The van der Waals surface area contributed by atoms with Gasteiger partial charge in [0.2, 0.25) is 0 Å². The molecule has 0 radical (unpaired) electrons. The second-order valence-electron chi connectivity index (χ2n) is 3.00. The number of hydrogen-bond donors (Lipinski definition) is 1. The SMILES string of the molecule is Nc1ccc(C(F)F)c(SCC(F)(F)F)c1. The van der Waals surface area contributed by atoms with Crippen LogP contribution in [0.5, 0.6) is 0 Å². The molecule has 1 rings (SSSR count). The van der Waals surface area contributed by atoms with Gasteiger partial charge < -0.3 is 5.73 Å². The minimum absolute atomic E-state index is 0.132. The van der Waals surface area contributed by atoms with E-state index in [4.69, 9.17) is 5.73 Å². The van der Waals surface area contributed by atoms with Gasteiger partial charge in [-0.05, 0) is 12.1 Å². The molecule has 0 saturated heterocycles. The predicted octanol–water partition coefficient (Wildman–Crippen LogP) is 3.86. The van der Waals surface area contributed by atoms with Gasteiger partial charge in [0, 0.05) is 16.1 Å². The third-order valence-electron chi connectivity index (χ3n) is 1.66. The van der Waals surface area contributed by atoms with Gasteiger partial charge in [-0.3, -0.25) is 0 Å². The van der Waals surface area contributed by atoms with Crippen LogP contribution in [0.4, 0.5) is 27.6 Å². The van der Waals surface area contributed by atoms with E-state index >= 15 is 0 Å². The molecule has 0 aliphatic rings. The number of benzene rings is 1. The molecular formula is C9H8F5NS. The molecule has 0 atom stereocenters. The molecule has 1 nitrogen and oxygen atoms in total. The lowest BCUT2D eigenvalue weighted by Gasteiger charge is -2.10. The Morgan fingerprint density at radius 1 is 1.25 bits per heavy atom. The third-order valence-corrected chi connectivity index (χ3v) is 2.80. The summed E-state index contributed by atoms with van der Waals surface area (Å²) in [5, 5.41) is 0. The Bertz CT molecular complexity index is 363. The normalized spacial score (nSPS) is 12.1. The Labute approximate surface area is 92.8 Å². The standard InChI is InChI=1S/C9H8F5NS/c10-8(11)6-2-1-5(15)3-7(6)16-4-9(12,13)14/h1-3,8H,4,15H2. The van der Waals surface area contributed by atoms with E-state index in [-0.39, 0.29) is 10.6 Å². The summed E-state index contributed by atoms with van der Waals surface area (Å²) in [7, 11) is 0. The lowest BCUT2D eigenvalue weighted by atomic mass is 10.2. The van der Waals surface area contributed by atoms with Crippen LogP contribution in [-0.4, -0.2) is 11.9 Å². The van der Waals surface area contributed by atoms with Crippen molar-refractivity contribution in [1.82, 2.24) is 0 Å². The fourth-order valence-electron chi connectivity index (χ4n) is 1.02. The zero-order valence-corrected chi connectivity index (χ0v) is 8.71. The molecule has 0 fully saturated rings. The van der Waals surface area contributed by atoms with Gasteiger partial charge in [0.15, 0.2) is 0 Å². The van der Waals surface area contributed by atoms with Gasteiger partial charge in [0.25, 0.3) is 6.43 Å². The summed E-state index contributed by atoms with van der Waals surface area (Å²) in [6, 6.07) is 3.40. The van der Waals surface area contributed by atoms with Crippen LogP contribution in [0.15, 0.2) is 23.1 Å². The van der Waals surface area contributed by atoms with Crippen LogP contribution >= 0.6 is 11.8 Å². The highest BCUT2D eigenvalue weighted by atomic mass is 32.2. The van der Waals surface area contributed by atoms with Crippen LogP contribution in [0.2, 0.25) is 0 Å². The van der Waals surface area contributed by atoms with Gasteiger partial charge in [-0.1, -0.05) is 6.07 Å². The summed E-state index contributed by atoms with van der Waals surface area (Å²) in [5.41, 5.74) is 5.06. The van der Waals surface area contributed by atoms with Crippen LogP contribution < -0.4 is 5.73 Å². The topological polar surface area (TPSA) is 26.0 Å². The minimum atomic E-state index is -4.39. The first-order valence-corrected chi connectivity index (χ1v) is 5.15. The lowest BCUT2D eigenvalue weighted by molar-refractivity contribution is -0.105. The van der Waals surface area contributed by atoms with E-state index in [1.54, 1.807) is 0 Å². The number of rotatable bonds is 3. The summed E-state index contributed by atoms with van der Waals surface area (Å²) in [6.07, 6.45) is -7.20. The van der Waals surface area contributed by atoms with E-state index in [1.165, 1.54) is 6.07 Å². The van der Waals surface area contributed by atoms with Gasteiger partial charge >= 0.3 is 6.18 Å². The van der Waals surface area contributed by atoms with Gasteiger partial charge in [0.1, 0.15) is 0 Å². The van der Waals surface area contributed by atoms with Crippen molar-refractivity contribution in [2.75, 3.05) is 11.5 Å². The molecule has 2 N–H and O–H groups in total. The molecule has 0 aromatic heterocycles. The monoisotopic (exact) mass is 257 g/mol. The lowest BCUT2D eigenvalue weighted by Crippen LogP contribution is -2.11. The molecule has 1 aromatic rings. The van der Waals surface area contributed by atoms with Gasteiger partial charge in [-0.15, -0.1) is 11.8 Å². The summed E-state index contributed by atoms with van der Waals surface area (Å²) >= 11 is 0.311. The molecule has 0 aliphatic carbocycles. The Morgan fingerprint density at radius 2 is 1.88 bits per heavy atom. The smallest absolute Gasteiger partial charge is 0.398 e. The molecule has 0 saturated carbocycles. The van der Waals surface area contributed by atoms with Gasteiger partial charge in [-0.25, -0.2) is 8.78 Å². The molecular weight excluding hydrogens is 249 g/mol. The second-order valence-corrected chi connectivity index (χ2v) is 4.02. The highest BCUT2D eigenvalue weighted by Gasteiger charge is 2.28. The number of anilines is 1. The Hall–Kier alpha value is -0.980. The summed E-state index contributed by atoms with van der Waals surface area (Å²) in [4.78, 5) is -0.132. The zero-order chi connectivity index (χ0) is 12.3. The number of hydrogen-bond acceptors (Lipinski definition) is 2. The quantitative estimate of drug-likeness (QED) is 0.505. The third kappa shape index (κ3) is 3.88. The number of halogens is 5.